The lowest BCUT2D eigenvalue weighted by Crippen LogP contribution is -2.56. The van der Waals surface area contributed by atoms with Crippen molar-refractivity contribution in [2.45, 2.75) is 71.1 Å². The van der Waals surface area contributed by atoms with Crippen LogP contribution in [-0.4, -0.2) is 4.98 Å². The summed E-state index contributed by atoms with van der Waals surface area (Å²) in [5, 5.41) is 1.48. The molecule has 4 saturated carbocycles. The predicted octanol–water partition coefficient (Wildman–Crippen LogP) is 4.95. The van der Waals surface area contributed by atoms with Gasteiger partial charge in [-0.05, 0) is 61.7 Å². The quantitative estimate of drug-likeness (QED) is 0.744. The molecule has 1 heterocycles. The lowest BCUT2D eigenvalue weighted by atomic mass is 9.40. The molecule has 2 atom stereocenters. The predicted molar refractivity (Wildman–Crippen MR) is 80.6 cm³/mol. The Balaban J connectivity index is 1.78. The fourth-order valence-electron chi connectivity index (χ4n) is 6.40. The minimum atomic E-state index is 0.445. The van der Waals surface area contributed by atoms with Crippen LogP contribution in [0, 0.1) is 16.7 Å². The summed E-state index contributed by atoms with van der Waals surface area (Å²) in [7, 11) is 0. The van der Waals surface area contributed by atoms with Crippen LogP contribution in [0.4, 0.5) is 0 Å². The van der Waals surface area contributed by atoms with Crippen LogP contribution in [-0.2, 0) is 11.8 Å². The summed E-state index contributed by atoms with van der Waals surface area (Å²) in [4.78, 5) is 6.33. The lowest BCUT2D eigenvalue weighted by molar-refractivity contribution is -0.110. The van der Waals surface area contributed by atoms with Gasteiger partial charge in [0.05, 0.1) is 5.01 Å². The molecule has 0 amide bonds. The zero-order valence-corrected chi connectivity index (χ0v) is 13.3. The molecule has 0 saturated heterocycles. The third kappa shape index (κ3) is 1.75. The van der Waals surface area contributed by atoms with Crippen molar-refractivity contribution in [3.63, 3.8) is 0 Å². The van der Waals surface area contributed by atoms with Gasteiger partial charge in [-0.1, -0.05) is 20.8 Å². The van der Waals surface area contributed by atoms with E-state index < -0.39 is 0 Å². The van der Waals surface area contributed by atoms with Gasteiger partial charge in [0.2, 0.25) is 0 Å². The normalized spacial score (nSPS) is 47.8. The van der Waals surface area contributed by atoms with Crippen LogP contribution < -0.4 is 0 Å². The van der Waals surface area contributed by atoms with Crippen LogP contribution in [0.2, 0.25) is 0 Å². The number of hydrogen-bond acceptors (Lipinski definition) is 2. The first kappa shape index (κ1) is 12.4. The highest BCUT2D eigenvalue weighted by Crippen LogP contribution is 2.70. The highest BCUT2D eigenvalue weighted by molar-refractivity contribution is 7.11. The molecule has 5 rings (SSSR count). The molecule has 4 bridgehead atoms. The summed E-state index contributed by atoms with van der Waals surface area (Å²) >= 11 is 2.01. The summed E-state index contributed by atoms with van der Waals surface area (Å²) in [6.07, 6.45) is 12.0. The Morgan fingerprint density at radius 2 is 1.84 bits per heavy atom. The molecule has 0 aromatic carbocycles. The van der Waals surface area contributed by atoms with Crippen LogP contribution in [0.3, 0.4) is 0 Å². The molecule has 4 fully saturated rings. The van der Waals surface area contributed by atoms with Gasteiger partial charge in [0.15, 0.2) is 0 Å². The second-order valence-electron chi connectivity index (χ2n) is 8.40. The summed E-state index contributed by atoms with van der Waals surface area (Å²) in [6.45, 7) is 7.36. The second kappa shape index (κ2) is 3.63. The van der Waals surface area contributed by atoms with Gasteiger partial charge in [-0.25, -0.2) is 4.98 Å². The molecule has 1 aromatic heterocycles. The molecular formula is C17H25NS. The first-order chi connectivity index (χ1) is 8.94. The van der Waals surface area contributed by atoms with Crippen molar-refractivity contribution in [3.8, 4) is 0 Å². The molecule has 4 aliphatic carbocycles. The van der Waals surface area contributed by atoms with Crippen molar-refractivity contribution in [1.82, 2.24) is 4.98 Å². The Hall–Kier alpha value is -0.370. The minimum Gasteiger partial charge on any atom is -0.249 e. The van der Waals surface area contributed by atoms with E-state index in [1.807, 2.05) is 11.3 Å². The van der Waals surface area contributed by atoms with Crippen LogP contribution in [0.15, 0.2) is 6.20 Å². The van der Waals surface area contributed by atoms with Crippen LogP contribution >= 0.6 is 11.3 Å². The third-order valence-corrected chi connectivity index (χ3v) is 7.37. The average Bonchev–Trinajstić information content (AvgIpc) is 2.72. The molecule has 0 spiro atoms. The van der Waals surface area contributed by atoms with Crippen LogP contribution in [0.5, 0.6) is 0 Å². The van der Waals surface area contributed by atoms with Gasteiger partial charge >= 0.3 is 0 Å². The Labute approximate surface area is 120 Å². The van der Waals surface area contributed by atoms with Gasteiger partial charge in [0, 0.05) is 16.5 Å². The third-order valence-electron chi connectivity index (χ3n) is 5.98. The van der Waals surface area contributed by atoms with E-state index in [0.717, 1.165) is 12.3 Å². The van der Waals surface area contributed by atoms with Crippen LogP contribution in [0.25, 0.3) is 0 Å². The number of aromatic nitrogens is 1. The van der Waals surface area contributed by atoms with E-state index in [1.54, 1.807) is 0 Å². The lowest BCUT2D eigenvalue weighted by Gasteiger charge is -2.64. The van der Waals surface area contributed by atoms with E-state index in [0.29, 0.717) is 16.2 Å². The zero-order chi connectivity index (χ0) is 13.3. The first-order valence-corrected chi connectivity index (χ1v) is 8.71. The van der Waals surface area contributed by atoms with Crippen molar-refractivity contribution in [1.29, 1.82) is 0 Å². The zero-order valence-electron chi connectivity index (χ0n) is 12.5. The average molecular weight is 275 g/mol. The molecule has 104 valence electrons. The molecule has 19 heavy (non-hydrogen) atoms. The topological polar surface area (TPSA) is 12.9 Å². The molecule has 2 heteroatoms. The maximum absolute atomic E-state index is 4.86. The van der Waals surface area contributed by atoms with E-state index in [1.165, 1.54) is 48.4 Å². The Morgan fingerprint density at radius 1 is 1.16 bits per heavy atom. The van der Waals surface area contributed by atoms with Gasteiger partial charge in [0.25, 0.3) is 0 Å². The van der Waals surface area contributed by atoms with Crippen molar-refractivity contribution in [2.24, 2.45) is 16.7 Å². The molecule has 1 aromatic rings. The summed E-state index contributed by atoms with van der Waals surface area (Å²) in [5.74, 6) is 0.972. The highest BCUT2D eigenvalue weighted by Gasteiger charge is 2.61. The molecule has 0 N–H and O–H groups in total. The monoisotopic (exact) mass is 275 g/mol. The van der Waals surface area contributed by atoms with Gasteiger partial charge < -0.3 is 0 Å². The number of thiazole rings is 1. The maximum atomic E-state index is 4.86. The van der Waals surface area contributed by atoms with E-state index in [9.17, 15) is 0 Å². The summed E-state index contributed by atoms with van der Waals surface area (Å²) < 4.78 is 0. The Kier molecular flexibility index (Phi) is 2.37. The molecule has 0 aliphatic heterocycles. The van der Waals surface area contributed by atoms with Gasteiger partial charge in [-0.2, -0.15) is 0 Å². The SMILES string of the molecule is CCc1cnc(C23CC4CC(C)(CC(C)(C4)C2)C3)s1. The van der Waals surface area contributed by atoms with E-state index in [4.69, 9.17) is 4.98 Å². The van der Waals surface area contributed by atoms with E-state index in [2.05, 4.69) is 27.0 Å². The number of aryl methyl sites for hydroxylation is 1. The Morgan fingerprint density at radius 3 is 2.37 bits per heavy atom. The maximum Gasteiger partial charge on any atom is 0.0989 e. The standard InChI is InChI=1S/C17H25NS/c1-4-13-8-18-14(19-13)17-7-12-5-15(2,10-17)9-16(3,6-12)11-17/h8,12H,4-7,9-11H2,1-3H3. The van der Waals surface area contributed by atoms with Crippen molar-refractivity contribution >= 4 is 11.3 Å². The molecule has 1 nitrogen and oxygen atoms in total. The van der Waals surface area contributed by atoms with Gasteiger partial charge in [0.1, 0.15) is 0 Å². The first-order valence-electron chi connectivity index (χ1n) is 7.90. The smallest absolute Gasteiger partial charge is 0.0989 e. The fourth-order valence-corrected chi connectivity index (χ4v) is 7.45. The summed E-state index contributed by atoms with van der Waals surface area (Å²) in [5.41, 5.74) is 1.65. The Bertz CT molecular complexity index is 499. The van der Waals surface area contributed by atoms with Gasteiger partial charge in [-0.3, -0.25) is 0 Å². The number of hydrogen-bond donors (Lipinski definition) is 0. The second-order valence-corrected chi connectivity index (χ2v) is 9.51. The van der Waals surface area contributed by atoms with Gasteiger partial charge in [-0.15, -0.1) is 11.3 Å². The molecule has 0 radical (unpaired) electrons. The summed E-state index contributed by atoms with van der Waals surface area (Å²) in [6, 6.07) is 0. The van der Waals surface area contributed by atoms with Crippen LogP contribution in [0.1, 0.15) is 69.2 Å². The fraction of sp³-hybridized carbons (Fsp3) is 0.824. The number of rotatable bonds is 2. The minimum absolute atomic E-state index is 0.445. The largest absolute Gasteiger partial charge is 0.249 e. The molecule has 4 aliphatic rings. The van der Waals surface area contributed by atoms with Crippen molar-refractivity contribution in [2.75, 3.05) is 0 Å². The van der Waals surface area contributed by atoms with E-state index >= 15 is 0 Å². The van der Waals surface area contributed by atoms with Crippen molar-refractivity contribution < 1.29 is 0 Å². The molecular weight excluding hydrogens is 250 g/mol. The van der Waals surface area contributed by atoms with Crippen molar-refractivity contribution in [3.05, 3.63) is 16.1 Å². The highest BCUT2D eigenvalue weighted by atomic mass is 32.1. The van der Waals surface area contributed by atoms with E-state index in [-0.39, 0.29) is 0 Å². The molecule has 2 unspecified atom stereocenters. The number of nitrogens with zero attached hydrogens (tertiary/aromatic N) is 1.